The summed E-state index contributed by atoms with van der Waals surface area (Å²) < 4.78 is 5.23. The Morgan fingerprint density at radius 1 is 1.12 bits per heavy atom. The highest BCUT2D eigenvalue weighted by atomic mass is 16.4. The molecule has 0 spiro atoms. The third-order valence-corrected chi connectivity index (χ3v) is 2.98. The van der Waals surface area contributed by atoms with Crippen LogP contribution in [0.25, 0.3) is 21.7 Å². The van der Waals surface area contributed by atoms with Gasteiger partial charge in [0.15, 0.2) is 0 Å². The SMILES string of the molecule is [NH3+]Cc1cc(=O)oc2ccc3ccccc3c12. The van der Waals surface area contributed by atoms with E-state index in [-0.39, 0.29) is 5.63 Å². The normalized spacial score (nSPS) is 11.1. The first-order valence-electron chi connectivity index (χ1n) is 5.53. The van der Waals surface area contributed by atoms with Crippen molar-refractivity contribution in [2.75, 3.05) is 0 Å². The Bertz CT molecular complexity index is 759. The minimum absolute atomic E-state index is 0.313. The quantitative estimate of drug-likeness (QED) is 0.507. The lowest BCUT2D eigenvalue weighted by atomic mass is 10.0. The third-order valence-electron chi connectivity index (χ3n) is 2.98. The highest BCUT2D eigenvalue weighted by Gasteiger charge is 2.08. The number of quaternary nitrogens is 1. The van der Waals surface area contributed by atoms with Crippen LogP contribution in [-0.4, -0.2) is 0 Å². The highest BCUT2D eigenvalue weighted by Crippen LogP contribution is 2.26. The second-order valence-corrected chi connectivity index (χ2v) is 4.00. The van der Waals surface area contributed by atoms with E-state index in [1.807, 2.05) is 36.4 Å². The van der Waals surface area contributed by atoms with Gasteiger partial charge in [-0.2, -0.15) is 0 Å². The van der Waals surface area contributed by atoms with Crippen LogP contribution in [0.4, 0.5) is 0 Å². The molecule has 2 aromatic carbocycles. The summed E-state index contributed by atoms with van der Waals surface area (Å²) in [5.41, 5.74) is 5.13. The lowest BCUT2D eigenvalue weighted by Crippen LogP contribution is -2.47. The summed E-state index contributed by atoms with van der Waals surface area (Å²) in [6.45, 7) is 0.579. The number of fused-ring (bicyclic) bond motifs is 3. The number of hydrogen-bond donors (Lipinski definition) is 1. The van der Waals surface area contributed by atoms with Crippen LogP contribution < -0.4 is 11.4 Å². The molecule has 1 heterocycles. The van der Waals surface area contributed by atoms with Crippen LogP contribution in [0.15, 0.2) is 51.7 Å². The second kappa shape index (κ2) is 3.71. The Hall–Kier alpha value is -2.13. The molecule has 0 atom stereocenters. The molecule has 3 rings (SSSR count). The smallest absolute Gasteiger partial charge is 0.336 e. The minimum atomic E-state index is -0.313. The first-order chi connectivity index (χ1) is 8.29. The molecule has 0 aliphatic rings. The molecule has 3 aromatic rings. The van der Waals surface area contributed by atoms with Crippen molar-refractivity contribution in [1.82, 2.24) is 0 Å². The van der Waals surface area contributed by atoms with Crippen LogP contribution in [0.5, 0.6) is 0 Å². The van der Waals surface area contributed by atoms with Crippen LogP contribution >= 0.6 is 0 Å². The van der Waals surface area contributed by atoms with Crippen LogP contribution in [0.2, 0.25) is 0 Å². The fourth-order valence-electron chi connectivity index (χ4n) is 2.22. The zero-order valence-corrected chi connectivity index (χ0v) is 9.27. The van der Waals surface area contributed by atoms with E-state index < -0.39 is 0 Å². The maximum Gasteiger partial charge on any atom is 0.336 e. The molecular weight excluding hydrogens is 214 g/mol. The second-order valence-electron chi connectivity index (χ2n) is 4.00. The van der Waals surface area contributed by atoms with Gasteiger partial charge in [-0.15, -0.1) is 0 Å². The summed E-state index contributed by atoms with van der Waals surface area (Å²) >= 11 is 0. The highest BCUT2D eigenvalue weighted by molar-refractivity contribution is 6.06. The fourth-order valence-corrected chi connectivity index (χ4v) is 2.22. The van der Waals surface area contributed by atoms with Gasteiger partial charge in [-0.05, 0) is 16.8 Å². The van der Waals surface area contributed by atoms with Crippen molar-refractivity contribution in [3.05, 3.63) is 58.4 Å². The van der Waals surface area contributed by atoms with Gasteiger partial charge in [-0.1, -0.05) is 30.3 Å². The molecular formula is C14H12NO2+. The summed E-state index contributed by atoms with van der Waals surface area (Å²) in [5.74, 6) is 0. The van der Waals surface area contributed by atoms with Crippen molar-refractivity contribution in [2.24, 2.45) is 0 Å². The minimum Gasteiger partial charge on any atom is -0.423 e. The molecule has 0 saturated carbocycles. The van der Waals surface area contributed by atoms with E-state index in [2.05, 4.69) is 5.73 Å². The van der Waals surface area contributed by atoms with E-state index in [1.165, 1.54) is 6.07 Å². The van der Waals surface area contributed by atoms with E-state index >= 15 is 0 Å². The van der Waals surface area contributed by atoms with Gasteiger partial charge in [-0.25, -0.2) is 4.79 Å². The molecule has 17 heavy (non-hydrogen) atoms. The van der Waals surface area contributed by atoms with Crippen molar-refractivity contribution in [3.63, 3.8) is 0 Å². The van der Waals surface area contributed by atoms with Crippen LogP contribution in [0.1, 0.15) is 5.56 Å². The van der Waals surface area contributed by atoms with E-state index in [0.29, 0.717) is 12.1 Å². The van der Waals surface area contributed by atoms with Gasteiger partial charge in [0.1, 0.15) is 12.1 Å². The Kier molecular flexibility index (Phi) is 2.20. The molecule has 0 amide bonds. The average molecular weight is 226 g/mol. The van der Waals surface area contributed by atoms with E-state index in [4.69, 9.17) is 4.42 Å². The van der Waals surface area contributed by atoms with Gasteiger partial charge < -0.3 is 10.2 Å². The summed E-state index contributed by atoms with van der Waals surface area (Å²) in [6, 6.07) is 13.4. The van der Waals surface area contributed by atoms with E-state index in [9.17, 15) is 4.79 Å². The molecule has 3 heteroatoms. The maximum absolute atomic E-state index is 11.4. The molecule has 1 aromatic heterocycles. The zero-order valence-electron chi connectivity index (χ0n) is 9.27. The van der Waals surface area contributed by atoms with E-state index in [1.54, 1.807) is 0 Å². The van der Waals surface area contributed by atoms with Crippen molar-refractivity contribution >= 4 is 21.7 Å². The van der Waals surface area contributed by atoms with E-state index in [0.717, 1.165) is 21.7 Å². The van der Waals surface area contributed by atoms with Crippen LogP contribution in [0.3, 0.4) is 0 Å². The molecule has 0 fully saturated rings. The first-order valence-corrected chi connectivity index (χ1v) is 5.53. The van der Waals surface area contributed by atoms with Crippen LogP contribution in [-0.2, 0) is 6.54 Å². The topological polar surface area (TPSA) is 57.9 Å². The molecule has 3 nitrogen and oxygen atoms in total. The Labute approximate surface area is 97.5 Å². The van der Waals surface area contributed by atoms with Gasteiger partial charge in [-0.3, -0.25) is 0 Å². The zero-order chi connectivity index (χ0) is 11.8. The molecule has 0 aliphatic heterocycles. The van der Waals surface area contributed by atoms with Crippen LogP contribution in [0, 0.1) is 0 Å². The van der Waals surface area contributed by atoms with Crippen molar-refractivity contribution in [1.29, 1.82) is 0 Å². The van der Waals surface area contributed by atoms with Gasteiger partial charge in [0, 0.05) is 17.0 Å². The molecule has 84 valence electrons. The summed E-state index contributed by atoms with van der Waals surface area (Å²) in [7, 11) is 0. The predicted octanol–water partition coefficient (Wildman–Crippen LogP) is 1.69. The maximum atomic E-state index is 11.4. The van der Waals surface area contributed by atoms with Crippen molar-refractivity contribution in [3.8, 4) is 0 Å². The Balaban J connectivity index is 2.60. The molecule has 0 radical (unpaired) electrons. The molecule has 0 aliphatic carbocycles. The standard InChI is InChI=1S/C14H11NO2/c15-8-10-7-13(16)17-12-6-5-9-3-1-2-4-11(9)14(10)12/h1-7H,8,15H2/p+1. The molecule has 3 N–H and O–H groups in total. The first kappa shape index (κ1) is 10.1. The van der Waals surface area contributed by atoms with Gasteiger partial charge in [0.05, 0.1) is 0 Å². The number of hydrogen-bond acceptors (Lipinski definition) is 2. The van der Waals surface area contributed by atoms with Gasteiger partial charge in [0.2, 0.25) is 0 Å². The van der Waals surface area contributed by atoms with Crippen molar-refractivity contribution < 1.29 is 10.2 Å². The largest absolute Gasteiger partial charge is 0.423 e. The lowest BCUT2D eigenvalue weighted by Gasteiger charge is -2.05. The van der Waals surface area contributed by atoms with Gasteiger partial charge in [0.25, 0.3) is 0 Å². The Morgan fingerprint density at radius 2 is 1.94 bits per heavy atom. The lowest BCUT2D eigenvalue weighted by molar-refractivity contribution is -0.386. The summed E-state index contributed by atoms with van der Waals surface area (Å²) in [5, 5.41) is 3.24. The monoisotopic (exact) mass is 226 g/mol. The molecule has 0 saturated heterocycles. The fraction of sp³-hybridized carbons (Fsp3) is 0.0714. The summed E-state index contributed by atoms with van der Waals surface area (Å²) in [6.07, 6.45) is 0. The Morgan fingerprint density at radius 3 is 2.76 bits per heavy atom. The number of rotatable bonds is 1. The third kappa shape index (κ3) is 1.52. The summed E-state index contributed by atoms with van der Waals surface area (Å²) in [4.78, 5) is 11.4. The number of benzene rings is 2. The molecule has 0 unspecified atom stereocenters. The average Bonchev–Trinajstić information content (AvgIpc) is 2.37. The predicted molar refractivity (Wildman–Crippen MR) is 66.6 cm³/mol. The molecule has 0 bridgehead atoms. The van der Waals surface area contributed by atoms with Crippen molar-refractivity contribution in [2.45, 2.75) is 6.54 Å². The van der Waals surface area contributed by atoms with Gasteiger partial charge >= 0.3 is 5.63 Å².